The molecule has 0 spiro atoms. The highest BCUT2D eigenvalue weighted by Gasteiger charge is 2.19. The maximum absolute atomic E-state index is 12.6. The van der Waals surface area contributed by atoms with Crippen molar-refractivity contribution in [2.24, 2.45) is 0 Å². The molecular weight excluding hydrogens is 342 g/mol. The van der Waals surface area contributed by atoms with E-state index in [-0.39, 0.29) is 10.9 Å². The molecule has 0 fully saturated rings. The first kappa shape index (κ1) is 18.8. The van der Waals surface area contributed by atoms with Gasteiger partial charge in [-0.1, -0.05) is 12.1 Å². The van der Waals surface area contributed by atoms with Gasteiger partial charge in [-0.25, -0.2) is 13.1 Å². The van der Waals surface area contributed by atoms with Gasteiger partial charge in [-0.05, 0) is 68.5 Å². The van der Waals surface area contributed by atoms with E-state index in [1.54, 1.807) is 30.0 Å². The van der Waals surface area contributed by atoms with Gasteiger partial charge >= 0.3 is 0 Å². The van der Waals surface area contributed by atoms with Crippen LogP contribution in [0.2, 0.25) is 0 Å². The lowest BCUT2D eigenvalue weighted by Crippen LogP contribution is -2.27. The molecule has 24 heavy (non-hydrogen) atoms. The van der Waals surface area contributed by atoms with Crippen molar-refractivity contribution in [2.45, 2.75) is 36.6 Å². The molecule has 4 nitrogen and oxygen atoms in total. The molecule has 0 heterocycles. The van der Waals surface area contributed by atoms with Crippen molar-refractivity contribution in [1.29, 1.82) is 0 Å². The molecule has 1 N–H and O–H groups in total. The molecule has 0 saturated heterocycles. The third-order valence-electron chi connectivity index (χ3n) is 3.70. The summed E-state index contributed by atoms with van der Waals surface area (Å²) < 4.78 is 33.4. The van der Waals surface area contributed by atoms with E-state index in [4.69, 9.17) is 4.74 Å². The predicted molar refractivity (Wildman–Crippen MR) is 99.3 cm³/mol. The Morgan fingerprint density at radius 1 is 1.17 bits per heavy atom. The summed E-state index contributed by atoms with van der Waals surface area (Å²) in [6.45, 7) is 6.13. The number of nitrogens with one attached hydrogen (secondary N) is 1. The number of aryl methyl sites for hydroxylation is 1. The number of ether oxygens (including phenoxy) is 1. The van der Waals surface area contributed by atoms with Crippen LogP contribution in [0.4, 0.5) is 0 Å². The zero-order chi connectivity index (χ0) is 17.7. The van der Waals surface area contributed by atoms with Crippen molar-refractivity contribution in [3.8, 4) is 5.75 Å². The third kappa shape index (κ3) is 4.53. The fourth-order valence-electron chi connectivity index (χ4n) is 2.37. The van der Waals surface area contributed by atoms with Gasteiger partial charge in [0.1, 0.15) is 5.75 Å². The van der Waals surface area contributed by atoms with Crippen molar-refractivity contribution in [3.05, 3.63) is 53.6 Å². The maximum Gasteiger partial charge on any atom is 0.241 e. The van der Waals surface area contributed by atoms with Crippen molar-refractivity contribution in [2.75, 3.05) is 12.9 Å². The van der Waals surface area contributed by atoms with Crippen molar-refractivity contribution in [1.82, 2.24) is 4.72 Å². The third-order valence-corrected chi connectivity index (χ3v) is 5.99. The lowest BCUT2D eigenvalue weighted by atomic mass is 10.1. The number of thioether (sulfide) groups is 1. The van der Waals surface area contributed by atoms with Gasteiger partial charge in [-0.3, -0.25) is 0 Å². The molecule has 2 aromatic carbocycles. The lowest BCUT2D eigenvalue weighted by molar-refractivity contribution is 0.337. The maximum atomic E-state index is 12.6. The summed E-state index contributed by atoms with van der Waals surface area (Å²) in [5, 5.41) is 0. The standard InChI is InChI=1S/C18H23NO3S2/c1-5-22-18-11-10-17(12-13(18)2)24(20,21)19-14(3)15-6-8-16(23-4)9-7-15/h6-12,14,19H,5H2,1-4H3. The second-order valence-corrected chi connectivity index (χ2v) is 8.07. The van der Waals surface area contributed by atoms with E-state index in [1.165, 1.54) is 0 Å². The molecule has 1 atom stereocenters. The molecule has 0 bridgehead atoms. The van der Waals surface area contributed by atoms with E-state index in [9.17, 15) is 8.42 Å². The average Bonchev–Trinajstić information content (AvgIpc) is 2.56. The summed E-state index contributed by atoms with van der Waals surface area (Å²) in [4.78, 5) is 1.40. The Kier molecular flexibility index (Phi) is 6.32. The largest absolute Gasteiger partial charge is 0.494 e. The fourth-order valence-corrected chi connectivity index (χ4v) is 4.09. The monoisotopic (exact) mass is 365 g/mol. The predicted octanol–water partition coefficient (Wildman–Crippen LogP) is 4.16. The number of hydrogen-bond donors (Lipinski definition) is 1. The average molecular weight is 366 g/mol. The minimum Gasteiger partial charge on any atom is -0.494 e. The molecule has 2 aromatic rings. The van der Waals surface area contributed by atoms with Gasteiger partial charge in [0, 0.05) is 10.9 Å². The van der Waals surface area contributed by atoms with Gasteiger partial charge < -0.3 is 4.74 Å². The lowest BCUT2D eigenvalue weighted by Gasteiger charge is -2.16. The number of hydrogen-bond acceptors (Lipinski definition) is 4. The number of sulfonamides is 1. The minimum atomic E-state index is -3.59. The molecule has 1 unspecified atom stereocenters. The zero-order valence-electron chi connectivity index (χ0n) is 14.4. The van der Waals surface area contributed by atoms with Gasteiger partial charge in [0.25, 0.3) is 0 Å². The molecule has 2 rings (SSSR count). The van der Waals surface area contributed by atoms with Crippen LogP contribution in [0.25, 0.3) is 0 Å². The Labute approximate surface area is 148 Å². The number of benzene rings is 2. The molecule has 0 aromatic heterocycles. The van der Waals surface area contributed by atoms with Crippen molar-refractivity contribution < 1.29 is 13.2 Å². The Bertz CT molecular complexity index is 786. The first-order valence-electron chi connectivity index (χ1n) is 7.77. The molecule has 0 saturated carbocycles. The summed E-state index contributed by atoms with van der Waals surface area (Å²) in [6.07, 6.45) is 2.01. The van der Waals surface area contributed by atoms with Crippen LogP contribution in [0, 0.1) is 6.92 Å². The van der Waals surface area contributed by atoms with Gasteiger partial charge in [-0.15, -0.1) is 11.8 Å². The second kappa shape index (κ2) is 8.05. The van der Waals surface area contributed by atoms with Gasteiger partial charge in [-0.2, -0.15) is 0 Å². The Balaban J connectivity index is 2.19. The summed E-state index contributed by atoms with van der Waals surface area (Å²) >= 11 is 1.66. The van der Waals surface area contributed by atoms with Crippen LogP contribution in [0.1, 0.15) is 31.0 Å². The van der Waals surface area contributed by atoms with E-state index in [2.05, 4.69) is 4.72 Å². The van der Waals surface area contributed by atoms with Crippen LogP contribution in [-0.2, 0) is 10.0 Å². The van der Waals surface area contributed by atoms with Crippen molar-refractivity contribution >= 4 is 21.8 Å². The number of rotatable bonds is 7. The van der Waals surface area contributed by atoms with Gasteiger partial charge in [0.15, 0.2) is 0 Å². The normalized spacial score (nSPS) is 12.8. The highest BCUT2D eigenvalue weighted by Crippen LogP contribution is 2.24. The summed E-state index contributed by atoms with van der Waals surface area (Å²) in [7, 11) is -3.59. The molecule has 0 radical (unpaired) electrons. The SMILES string of the molecule is CCOc1ccc(S(=O)(=O)NC(C)c2ccc(SC)cc2)cc1C. The van der Waals surface area contributed by atoms with Crippen LogP contribution in [-0.4, -0.2) is 21.3 Å². The first-order valence-corrected chi connectivity index (χ1v) is 10.5. The van der Waals surface area contributed by atoms with Crippen LogP contribution in [0.5, 0.6) is 5.75 Å². The van der Waals surface area contributed by atoms with Gasteiger partial charge in [0.05, 0.1) is 11.5 Å². The topological polar surface area (TPSA) is 55.4 Å². The zero-order valence-corrected chi connectivity index (χ0v) is 16.0. The van der Waals surface area contributed by atoms with Crippen LogP contribution < -0.4 is 9.46 Å². The van der Waals surface area contributed by atoms with E-state index >= 15 is 0 Å². The summed E-state index contributed by atoms with van der Waals surface area (Å²) in [5.74, 6) is 0.706. The van der Waals surface area contributed by atoms with E-state index in [0.29, 0.717) is 12.4 Å². The highest BCUT2D eigenvalue weighted by molar-refractivity contribution is 7.98. The Morgan fingerprint density at radius 2 is 1.83 bits per heavy atom. The van der Waals surface area contributed by atoms with E-state index in [0.717, 1.165) is 16.0 Å². The van der Waals surface area contributed by atoms with E-state index in [1.807, 2.05) is 51.3 Å². The first-order chi connectivity index (χ1) is 11.4. The molecule has 6 heteroatoms. The minimum absolute atomic E-state index is 0.246. The fraction of sp³-hybridized carbons (Fsp3) is 0.333. The Morgan fingerprint density at radius 3 is 2.38 bits per heavy atom. The molecular formula is C18H23NO3S2. The van der Waals surface area contributed by atoms with Crippen LogP contribution in [0.3, 0.4) is 0 Å². The summed E-state index contributed by atoms with van der Waals surface area (Å²) in [5.41, 5.74) is 1.73. The smallest absolute Gasteiger partial charge is 0.241 e. The Hall–Kier alpha value is -1.50. The molecule has 0 amide bonds. The molecule has 130 valence electrons. The van der Waals surface area contributed by atoms with Crippen molar-refractivity contribution in [3.63, 3.8) is 0 Å². The highest BCUT2D eigenvalue weighted by atomic mass is 32.2. The molecule has 0 aliphatic carbocycles. The van der Waals surface area contributed by atoms with Crippen LogP contribution in [0.15, 0.2) is 52.3 Å². The molecule has 0 aliphatic rings. The quantitative estimate of drug-likeness (QED) is 0.749. The van der Waals surface area contributed by atoms with Crippen LogP contribution >= 0.6 is 11.8 Å². The van der Waals surface area contributed by atoms with Gasteiger partial charge in [0.2, 0.25) is 10.0 Å². The summed E-state index contributed by atoms with van der Waals surface area (Å²) in [6, 6.07) is 12.5. The molecule has 0 aliphatic heterocycles. The van der Waals surface area contributed by atoms with E-state index < -0.39 is 10.0 Å². The second-order valence-electron chi connectivity index (χ2n) is 5.48.